The lowest BCUT2D eigenvalue weighted by molar-refractivity contribution is -0.150. The summed E-state index contributed by atoms with van der Waals surface area (Å²) in [5.41, 5.74) is 0.393. The first kappa shape index (κ1) is 15.0. The number of hydrogen-bond acceptors (Lipinski definition) is 3. The second kappa shape index (κ2) is 5.56. The molecule has 0 spiro atoms. The Kier molecular flexibility index (Phi) is 4.18. The summed E-state index contributed by atoms with van der Waals surface area (Å²) in [6.07, 6.45) is 2.30. The van der Waals surface area contributed by atoms with Gasteiger partial charge >= 0.3 is 5.97 Å². The highest BCUT2D eigenvalue weighted by Gasteiger charge is 2.39. The van der Waals surface area contributed by atoms with Crippen LogP contribution >= 0.6 is 11.3 Å². The summed E-state index contributed by atoms with van der Waals surface area (Å²) in [4.78, 5) is 27.5. The van der Waals surface area contributed by atoms with Crippen molar-refractivity contribution in [1.29, 1.82) is 0 Å². The number of carbonyl (C=O) groups excluding carboxylic acids is 1. The van der Waals surface area contributed by atoms with E-state index in [1.807, 2.05) is 13.0 Å². The first-order valence-corrected chi connectivity index (χ1v) is 7.81. The number of amides is 1. The Hall–Kier alpha value is -1.36. The van der Waals surface area contributed by atoms with Crippen LogP contribution in [0, 0.1) is 12.3 Å². The van der Waals surface area contributed by atoms with Gasteiger partial charge in [0.15, 0.2) is 0 Å². The molecule has 0 aliphatic carbocycles. The van der Waals surface area contributed by atoms with Crippen molar-refractivity contribution in [3.05, 3.63) is 21.4 Å². The molecule has 1 atom stereocenters. The SMILES string of the molecule is CCc1cc(C(=O)N2CCCC(C)(C(=O)O)C2)sc1C. The van der Waals surface area contributed by atoms with Crippen LogP contribution in [0.1, 0.15) is 46.8 Å². The van der Waals surface area contributed by atoms with E-state index in [2.05, 4.69) is 6.92 Å². The molecule has 5 heteroatoms. The lowest BCUT2D eigenvalue weighted by Crippen LogP contribution is -2.48. The molecule has 1 unspecified atom stereocenters. The predicted molar refractivity (Wildman–Crippen MR) is 79.3 cm³/mol. The lowest BCUT2D eigenvalue weighted by Gasteiger charge is -2.37. The number of aliphatic carboxylic acids is 1. The summed E-state index contributed by atoms with van der Waals surface area (Å²) >= 11 is 1.51. The molecule has 0 aromatic carbocycles. The molecule has 1 amide bonds. The molecule has 1 aromatic heterocycles. The van der Waals surface area contributed by atoms with Gasteiger partial charge in [-0.2, -0.15) is 0 Å². The Morgan fingerprint density at radius 3 is 2.75 bits per heavy atom. The molecule has 1 aromatic rings. The molecule has 2 heterocycles. The molecule has 0 saturated carbocycles. The van der Waals surface area contributed by atoms with Crippen molar-refractivity contribution in [2.24, 2.45) is 5.41 Å². The van der Waals surface area contributed by atoms with Gasteiger partial charge in [-0.25, -0.2) is 0 Å². The number of carboxylic acid groups (broad SMARTS) is 1. The number of piperidine rings is 1. The van der Waals surface area contributed by atoms with Gasteiger partial charge in [0.2, 0.25) is 0 Å². The van der Waals surface area contributed by atoms with Crippen molar-refractivity contribution < 1.29 is 14.7 Å². The highest BCUT2D eigenvalue weighted by Crippen LogP contribution is 2.32. The summed E-state index contributed by atoms with van der Waals surface area (Å²) in [6, 6.07) is 1.95. The molecule has 110 valence electrons. The predicted octanol–water partition coefficient (Wildman–Crippen LogP) is 2.95. The highest BCUT2D eigenvalue weighted by atomic mass is 32.1. The Morgan fingerprint density at radius 1 is 1.50 bits per heavy atom. The maximum atomic E-state index is 12.5. The van der Waals surface area contributed by atoms with Crippen LogP contribution in [0.3, 0.4) is 0 Å². The molecule has 1 N–H and O–H groups in total. The maximum absolute atomic E-state index is 12.5. The Morgan fingerprint density at radius 2 is 2.20 bits per heavy atom. The number of thiophene rings is 1. The van der Waals surface area contributed by atoms with E-state index in [0.717, 1.165) is 17.7 Å². The smallest absolute Gasteiger partial charge is 0.311 e. The Balaban J connectivity index is 2.18. The minimum atomic E-state index is -0.813. The van der Waals surface area contributed by atoms with E-state index < -0.39 is 11.4 Å². The molecule has 0 bridgehead atoms. The van der Waals surface area contributed by atoms with Crippen LogP contribution in [0.25, 0.3) is 0 Å². The average molecular weight is 295 g/mol. The van der Waals surface area contributed by atoms with Crippen molar-refractivity contribution >= 4 is 23.2 Å². The molecule has 20 heavy (non-hydrogen) atoms. The number of likely N-dealkylation sites (tertiary alicyclic amines) is 1. The third-order valence-corrected chi connectivity index (χ3v) is 5.19. The molecular formula is C15H21NO3S. The zero-order valence-corrected chi connectivity index (χ0v) is 13.0. The largest absolute Gasteiger partial charge is 0.481 e. The Labute approximate surface area is 123 Å². The van der Waals surface area contributed by atoms with E-state index >= 15 is 0 Å². The van der Waals surface area contributed by atoms with E-state index in [0.29, 0.717) is 19.5 Å². The molecule has 0 radical (unpaired) electrons. The van der Waals surface area contributed by atoms with E-state index in [1.165, 1.54) is 21.8 Å². The average Bonchev–Trinajstić information content (AvgIpc) is 2.79. The van der Waals surface area contributed by atoms with Crippen molar-refractivity contribution in [2.45, 2.75) is 40.0 Å². The third kappa shape index (κ3) is 2.73. The van der Waals surface area contributed by atoms with Crippen LogP contribution in [0.15, 0.2) is 6.07 Å². The maximum Gasteiger partial charge on any atom is 0.311 e. The van der Waals surface area contributed by atoms with Gasteiger partial charge in [0.05, 0.1) is 10.3 Å². The molecule has 4 nitrogen and oxygen atoms in total. The summed E-state index contributed by atoms with van der Waals surface area (Å²) in [7, 11) is 0. The summed E-state index contributed by atoms with van der Waals surface area (Å²) < 4.78 is 0. The fraction of sp³-hybridized carbons (Fsp3) is 0.600. The minimum Gasteiger partial charge on any atom is -0.481 e. The van der Waals surface area contributed by atoms with Gasteiger partial charge in [-0.1, -0.05) is 6.92 Å². The van der Waals surface area contributed by atoms with Crippen LogP contribution in [-0.2, 0) is 11.2 Å². The molecule has 1 fully saturated rings. The Bertz CT molecular complexity index is 537. The second-order valence-corrected chi connectivity index (χ2v) is 7.00. The molecular weight excluding hydrogens is 274 g/mol. The quantitative estimate of drug-likeness (QED) is 0.932. The number of nitrogens with zero attached hydrogens (tertiary/aromatic N) is 1. The lowest BCUT2D eigenvalue weighted by atomic mass is 9.82. The van der Waals surface area contributed by atoms with Crippen molar-refractivity contribution in [3.63, 3.8) is 0 Å². The zero-order valence-electron chi connectivity index (χ0n) is 12.2. The first-order chi connectivity index (χ1) is 9.37. The van der Waals surface area contributed by atoms with Gasteiger partial charge < -0.3 is 10.0 Å². The van der Waals surface area contributed by atoms with Crippen LogP contribution in [0.2, 0.25) is 0 Å². The number of carboxylic acids is 1. The number of hydrogen-bond donors (Lipinski definition) is 1. The number of rotatable bonds is 3. The van der Waals surface area contributed by atoms with E-state index in [1.54, 1.807) is 11.8 Å². The zero-order chi connectivity index (χ0) is 14.9. The summed E-state index contributed by atoms with van der Waals surface area (Å²) in [6.45, 7) is 6.79. The van der Waals surface area contributed by atoms with Gasteiger partial charge in [-0.05, 0) is 44.7 Å². The third-order valence-electron chi connectivity index (χ3n) is 4.11. The van der Waals surface area contributed by atoms with Gasteiger partial charge in [0.1, 0.15) is 0 Å². The standard InChI is InChI=1S/C15H21NO3S/c1-4-11-8-12(20-10(11)2)13(17)16-7-5-6-15(3,9-16)14(18)19/h8H,4-7,9H2,1-3H3,(H,18,19). The molecule has 1 aliphatic heterocycles. The molecule has 1 saturated heterocycles. The van der Waals surface area contributed by atoms with Crippen LogP contribution in [-0.4, -0.2) is 35.0 Å². The molecule has 2 rings (SSSR count). The van der Waals surface area contributed by atoms with E-state index in [-0.39, 0.29) is 5.91 Å². The van der Waals surface area contributed by atoms with Crippen LogP contribution in [0.4, 0.5) is 0 Å². The highest BCUT2D eigenvalue weighted by molar-refractivity contribution is 7.14. The number of aryl methyl sites for hydroxylation is 2. The normalized spacial score (nSPS) is 22.9. The summed E-state index contributed by atoms with van der Waals surface area (Å²) in [5, 5.41) is 9.32. The van der Waals surface area contributed by atoms with E-state index in [4.69, 9.17) is 0 Å². The van der Waals surface area contributed by atoms with Gasteiger partial charge in [-0.15, -0.1) is 11.3 Å². The second-order valence-electron chi connectivity index (χ2n) is 5.74. The van der Waals surface area contributed by atoms with Crippen LogP contribution in [0.5, 0.6) is 0 Å². The van der Waals surface area contributed by atoms with Gasteiger partial charge in [0, 0.05) is 18.0 Å². The molecule has 1 aliphatic rings. The monoisotopic (exact) mass is 295 g/mol. The topological polar surface area (TPSA) is 57.6 Å². The van der Waals surface area contributed by atoms with Crippen LogP contribution < -0.4 is 0 Å². The minimum absolute atomic E-state index is 0.0232. The summed E-state index contributed by atoms with van der Waals surface area (Å²) in [5.74, 6) is -0.836. The van der Waals surface area contributed by atoms with E-state index in [9.17, 15) is 14.7 Å². The fourth-order valence-electron chi connectivity index (χ4n) is 2.72. The van der Waals surface area contributed by atoms with Crippen molar-refractivity contribution in [3.8, 4) is 0 Å². The first-order valence-electron chi connectivity index (χ1n) is 6.99. The van der Waals surface area contributed by atoms with Gasteiger partial charge in [-0.3, -0.25) is 9.59 Å². The van der Waals surface area contributed by atoms with Crippen molar-refractivity contribution in [1.82, 2.24) is 4.90 Å². The van der Waals surface area contributed by atoms with Crippen molar-refractivity contribution in [2.75, 3.05) is 13.1 Å². The van der Waals surface area contributed by atoms with Gasteiger partial charge in [0.25, 0.3) is 5.91 Å². The number of carbonyl (C=O) groups is 2. The fourth-order valence-corrected chi connectivity index (χ4v) is 3.80.